The van der Waals surface area contributed by atoms with Crippen LogP contribution in [0.2, 0.25) is 0 Å². The number of aromatic nitrogens is 3. The van der Waals surface area contributed by atoms with Crippen LogP contribution in [0.1, 0.15) is 24.5 Å². The van der Waals surface area contributed by atoms with Crippen molar-refractivity contribution in [2.45, 2.75) is 13.0 Å². The van der Waals surface area contributed by atoms with E-state index < -0.39 is 0 Å². The van der Waals surface area contributed by atoms with Crippen LogP contribution < -0.4 is 5.32 Å². The Kier molecular flexibility index (Phi) is 3.49. The van der Waals surface area contributed by atoms with Crippen molar-refractivity contribution >= 4 is 0 Å². The molecular weight excluding hydrogens is 219 g/mol. The van der Waals surface area contributed by atoms with Gasteiger partial charge in [0.25, 0.3) is 0 Å². The summed E-state index contributed by atoms with van der Waals surface area (Å²) in [5.41, 5.74) is 0.766. The molecule has 0 saturated carbocycles. The van der Waals surface area contributed by atoms with Crippen molar-refractivity contribution in [3.63, 3.8) is 0 Å². The Morgan fingerprint density at radius 2 is 2.24 bits per heavy atom. The molecule has 5 heteroatoms. The largest absolute Gasteiger partial charge is 0.336 e. The molecule has 0 aliphatic rings. The van der Waals surface area contributed by atoms with Crippen molar-refractivity contribution in [2.24, 2.45) is 7.05 Å². The highest BCUT2D eigenvalue weighted by Gasteiger charge is 2.18. The van der Waals surface area contributed by atoms with Crippen molar-refractivity contribution in [2.75, 3.05) is 6.54 Å². The van der Waals surface area contributed by atoms with E-state index in [9.17, 15) is 4.39 Å². The molecule has 0 aromatic carbocycles. The lowest BCUT2D eigenvalue weighted by molar-refractivity contribution is 0.558. The van der Waals surface area contributed by atoms with Crippen LogP contribution in [0.25, 0.3) is 0 Å². The van der Waals surface area contributed by atoms with Crippen molar-refractivity contribution < 1.29 is 4.39 Å². The van der Waals surface area contributed by atoms with E-state index in [-0.39, 0.29) is 11.9 Å². The van der Waals surface area contributed by atoms with E-state index in [4.69, 9.17) is 0 Å². The molecule has 2 aromatic rings. The van der Waals surface area contributed by atoms with Gasteiger partial charge in [-0.05, 0) is 18.7 Å². The van der Waals surface area contributed by atoms with Crippen LogP contribution in [0.5, 0.6) is 0 Å². The molecule has 2 rings (SSSR count). The molecule has 0 saturated heterocycles. The van der Waals surface area contributed by atoms with Crippen molar-refractivity contribution in [3.8, 4) is 0 Å². The molecule has 2 heterocycles. The lowest BCUT2D eigenvalue weighted by Crippen LogP contribution is -2.25. The fourth-order valence-corrected chi connectivity index (χ4v) is 1.75. The number of hydrogen-bond acceptors (Lipinski definition) is 3. The Balaban J connectivity index is 2.35. The molecule has 0 fully saturated rings. The first-order valence-electron chi connectivity index (χ1n) is 5.54. The van der Waals surface area contributed by atoms with Gasteiger partial charge < -0.3 is 9.88 Å². The summed E-state index contributed by atoms with van der Waals surface area (Å²) in [5, 5.41) is 3.29. The number of halogens is 1. The lowest BCUT2D eigenvalue weighted by Gasteiger charge is -2.16. The van der Waals surface area contributed by atoms with Gasteiger partial charge in [-0.3, -0.25) is 4.98 Å². The third-order valence-electron chi connectivity index (χ3n) is 2.57. The van der Waals surface area contributed by atoms with Gasteiger partial charge in [-0.2, -0.15) is 0 Å². The zero-order valence-electron chi connectivity index (χ0n) is 9.89. The second kappa shape index (κ2) is 5.05. The highest BCUT2D eigenvalue weighted by Crippen LogP contribution is 2.18. The summed E-state index contributed by atoms with van der Waals surface area (Å²) < 4.78 is 14.8. The van der Waals surface area contributed by atoms with E-state index in [1.165, 1.54) is 12.3 Å². The van der Waals surface area contributed by atoms with Gasteiger partial charge in [0.05, 0.1) is 11.9 Å². The SMILES string of the molecule is CCNC(c1ccc(F)cn1)c1nccn1C. The average Bonchev–Trinajstić information content (AvgIpc) is 2.74. The van der Waals surface area contributed by atoms with Gasteiger partial charge in [0.1, 0.15) is 17.7 Å². The van der Waals surface area contributed by atoms with Crippen LogP contribution in [0, 0.1) is 5.82 Å². The number of aryl methyl sites for hydroxylation is 1. The van der Waals surface area contributed by atoms with Gasteiger partial charge >= 0.3 is 0 Å². The van der Waals surface area contributed by atoms with Crippen LogP contribution in [-0.4, -0.2) is 21.1 Å². The van der Waals surface area contributed by atoms with E-state index in [2.05, 4.69) is 15.3 Å². The maximum Gasteiger partial charge on any atom is 0.141 e. The van der Waals surface area contributed by atoms with E-state index in [0.717, 1.165) is 18.1 Å². The summed E-state index contributed by atoms with van der Waals surface area (Å²) in [6.45, 7) is 2.80. The van der Waals surface area contributed by atoms with E-state index in [1.807, 2.05) is 24.7 Å². The van der Waals surface area contributed by atoms with Crippen LogP contribution in [0.3, 0.4) is 0 Å². The molecule has 0 spiro atoms. The number of imidazole rings is 1. The average molecular weight is 234 g/mol. The Labute approximate surface area is 99.5 Å². The molecule has 90 valence electrons. The summed E-state index contributed by atoms with van der Waals surface area (Å²) in [6.07, 6.45) is 4.84. The number of rotatable bonds is 4. The minimum atomic E-state index is -0.330. The van der Waals surface area contributed by atoms with E-state index >= 15 is 0 Å². The first-order chi connectivity index (χ1) is 8.22. The smallest absolute Gasteiger partial charge is 0.141 e. The number of nitrogens with zero attached hydrogens (tertiary/aromatic N) is 3. The van der Waals surface area contributed by atoms with Crippen molar-refractivity contribution in [1.82, 2.24) is 19.9 Å². The van der Waals surface area contributed by atoms with Gasteiger partial charge in [0.2, 0.25) is 0 Å². The lowest BCUT2D eigenvalue weighted by atomic mass is 10.1. The molecule has 0 aliphatic carbocycles. The first-order valence-corrected chi connectivity index (χ1v) is 5.54. The van der Waals surface area contributed by atoms with Gasteiger partial charge in [0, 0.05) is 19.4 Å². The maximum absolute atomic E-state index is 12.9. The predicted molar refractivity (Wildman–Crippen MR) is 62.9 cm³/mol. The van der Waals surface area contributed by atoms with Crippen LogP contribution in [0.4, 0.5) is 4.39 Å². The number of pyridine rings is 1. The normalized spacial score (nSPS) is 12.6. The maximum atomic E-state index is 12.9. The topological polar surface area (TPSA) is 42.7 Å². The van der Waals surface area contributed by atoms with Crippen LogP contribution >= 0.6 is 0 Å². The monoisotopic (exact) mass is 234 g/mol. The third kappa shape index (κ3) is 2.50. The van der Waals surface area contributed by atoms with Crippen LogP contribution in [-0.2, 0) is 7.05 Å². The van der Waals surface area contributed by atoms with Crippen molar-refractivity contribution in [3.05, 3.63) is 48.1 Å². The molecule has 0 bridgehead atoms. The predicted octanol–water partition coefficient (Wildman–Crippen LogP) is 1.65. The van der Waals surface area contributed by atoms with Crippen LogP contribution in [0.15, 0.2) is 30.7 Å². The molecule has 1 unspecified atom stereocenters. The fourth-order valence-electron chi connectivity index (χ4n) is 1.75. The molecule has 0 aliphatic heterocycles. The highest BCUT2D eigenvalue weighted by molar-refractivity contribution is 5.18. The second-order valence-corrected chi connectivity index (χ2v) is 3.79. The summed E-state index contributed by atoms with van der Waals surface area (Å²) in [4.78, 5) is 8.40. The zero-order chi connectivity index (χ0) is 12.3. The molecular formula is C12H15FN4. The Hall–Kier alpha value is -1.75. The van der Waals surface area contributed by atoms with Crippen molar-refractivity contribution in [1.29, 1.82) is 0 Å². The molecule has 17 heavy (non-hydrogen) atoms. The van der Waals surface area contributed by atoms with Gasteiger partial charge in [-0.15, -0.1) is 0 Å². The van der Waals surface area contributed by atoms with Gasteiger partial charge in [0.15, 0.2) is 0 Å². The summed E-state index contributed by atoms with van der Waals surface area (Å²) >= 11 is 0. The zero-order valence-corrected chi connectivity index (χ0v) is 9.89. The second-order valence-electron chi connectivity index (χ2n) is 3.79. The van der Waals surface area contributed by atoms with E-state index in [0.29, 0.717) is 0 Å². The summed E-state index contributed by atoms with van der Waals surface area (Å²) in [5.74, 6) is 0.537. The van der Waals surface area contributed by atoms with Gasteiger partial charge in [-0.25, -0.2) is 9.37 Å². The Bertz CT molecular complexity index is 478. The summed E-state index contributed by atoms with van der Waals surface area (Å²) in [7, 11) is 1.93. The number of hydrogen-bond donors (Lipinski definition) is 1. The minimum Gasteiger partial charge on any atom is -0.336 e. The number of nitrogens with one attached hydrogen (secondary N) is 1. The molecule has 4 nitrogen and oxygen atoms in total. The molecule has 1 atom stereocenters. The third-order valence-corrected chi connectivity index (χ3v) is 2.57. The molecule has 1 N–H and O–H groups in total. The highest BCUT2D eigenvalue weighted by atomic mass is 19.1. The Morgan fingerprint density at radius 3 is 2.76 bits per heavy atom. The first kappa shape index (κ1) is 11.7. The quantitative estimate of drug-likeness (QED) is 0.874. The fraction of sp³-hybridized carbons (Fsp3) is 0.333. The molecule has 2 aromatic heterocycles. The molecule has 0 amide bonds. The summed E-state index contributed by atoms with van der Waals surface area (Å²) in [6, 6.07) is 2.98. The molecule has 0 radical (unpaired) electrons. The Morgan fingerprint density at radius 1 is 1.41 bits per heavy atom. The van der Waals surface area contributed by atoms with Gasteiger partial charge in [-0.1, -0.05) is 6.92 Å². The van der Waals surface area contributed by atoms with E-state index in [1.54, 1.807) is 12.3 Å². The standard InChI is InChI=1S/C12H15FN4/c1-3-14-11(12-15-6-7-17(12)2)10-5-4-9(13)8-16-10/h4-8,11,14H,3H2,1-2H3. The minimum absolute atomic E-state index is 0.111.